The largest absolute Gasteiger partial charge is 0.464 e. The highest BCUT2D eigenvalue weighted by Crippen LogP contribution is 1.86. The smallest absolute Gasteiger partial charge is 0.319 e. The van der Waals surface area contributed by atoms with Crippen molar-refractivity contribution in [2.75, 3.05) is 19.7 Å². The molecule has 0 atom stereocenters. The molecule has 1 amide bonds. The van der Waals surface area contributed by atoms with Gasteiger partial charge in [-0.15, -0.1) is 0 Å². The first-order valence-electron chi connectivity index (χ1n) is 4.50. The van der Waals surface area contributed by atoms with Crippen LogP contribution in [0.5, 0.6) is 0 Å². The second-order valence-electron chi connectivity index (χ2n) is 2.51. The van der Waals surface area contributed by atoms with Crippen LogP contribution in [0.2, 0.25) is 0 Å². The molecule has 0 fully saturated rings. The van der Waals surface area contributed by atoms with E-state index in [0.717, 1.165) is 0 Å². The fourth-order valence-corrected chi connectivity index (χ4v) is 0.723. The molecule has 80 valence electrons. The average Bonchev–Trinajstić information content (AvgIpc) is 2.17. The molecule has 0 aromatic heterocycles. The second-order valence-corrected chi connectivity index (χ2v) is 2.51. The first-order valence-corrected chi connectivity index (χ1v) is 4.50. The van der Waals surface area contributed by atoms with Gasteiger partial charge in [0, 0.05) is 13.0 Å². The minimum atomic E-state index is -0.434. The standard InChI is InChI=1S/C9H16N2O3/c1-2-11-8(12)5-3-4-6-14-9(13)7-10/h3,5H,2,4,6-7,10H2,1H3,(H,11,12)/b5-3+. The molecular weight excluding hydrogens is 184 g/mol. The van der Waals surface area contributed by atoms with E-state index in [1.54, 1.807) is 6.08 Å². The maximum Gasteiger partial charge on any atom is 0.319 e. The van der Waals surface area contributed by atoms with Crippen LogP contribution in [-0.2, 0) is 14.3 Å². The van der Waals surface area contributed by atoms with Gasteiger partial charge < -0.3 is 15.8 Å². The van der Waals surface area contributed by atoms with Crippen LogP contribution in [0.3, 0.4) is 0 Å². The normalized spacial score (nSPS) is 10.1. The third kappa shape index (κ3) is 7.30. The lowest BCUT2D eigenvalue weighted by atomic mass is 10.4. The number of likely N-dealkylation sites (N-methyl/N-ethyl adjacent to an activating group) is 1. The predicted octanol–water partition coefficient (Wildman–Crippen LogP) is -0.429. The van der Waals surface area contributed by atoms with Crippen molar-refractivity contribution in [1.82, 2.24) is 5.32 Å². The molecule has 0 aliphatic heterocycles. The molecule has 5 heteroatoms. The van der Waals surface area contributed by atoms with Gasteiger partial charge in [0.05, 0.1) is 13.2 Å². The van der Waals surface area contributed by atoms with Gasteiger partial charge in [-0.3, -0.25) is 9.59 Å². The summed E-state index contributed by atoms with van der Waals surface area (Å²) >= 11 is 0. The maximum atomic E-state index is 10.9. The van der Waals surface area contributed by atoms with E-state index in [4.69, 9.17) is 5.73 Å². The molecule has 0 heterocycles. The first kappa shape index (κ1) is 12.6. The summed E-state index contributed by atoms with van der Waals surface area (Å²) in [4.78, 5) is 21.4. The highest BCUT2D eigenvalue weighted by molar-refractivity contribution is 5.87. The highest BCUT2D eigenvalue weighted by atomic mass is 16.5. The van der Waals surface area contributed by atoms with Crippen LogP contribution in [0, 0.1) is 0 Å². The Morgan fingerprint density at radius 2 is 2.21 bits per heavy atom. The van der Waals surface area contributed by atoms with Crippen molar-refractivity contribution in [1.29, 1.82) is 0 Å². The zero-order valence-electron chi connectivity index (χ0n) is 8.29. The number of esters is 1. The summed E-state index contributed by atoms with van der Waals surface area (Å²) in [7, 11) is 0. The Kier molecular flexibility index (Phi) is 7.45. The van der Waals surface area contributed by atoms with E-state index in [1.807, 2.05) is 6.92 Å². The van der Waals surface area contributed by atoms with Crippen LogP contribution in [0.15, 0.2) is 12.2 Å². The summed E-state index contributed by atoms with van der Waals surface area (Å²) in [6, 6.07) is 0. The number of hydrogen-bond acceptors (Lipinski definition) is 4. The molecule has 5 nitrogen and oxygen atoms in total. The summed E-state index contributed by atoms with van der Waals surface area (Å²) < 4.78 is 4.69. The Bertz CT molecular complexity index is 214. The van der Waals surface area contributed by atoms with Gasteiger partial charge in [-0.05, 0) is 13.0 Å². The molecule has 0 unspecified atom stereocenters. The minimum Gasteiger partial charge on any atom is -0.464 e. The number of rotatable bonds is 6. The zero-order chi connectivity index (χ0) is 10.8. The molecule has 0 aliphatic rings. The molecule has 0 spiro atoms. The van der Waals surface area contributed by atoms with E-state index in [-0.39, 0.29) is 19.1 Å². The molecule has 0 aromatic rings. The number of carbonyl (C=O) groups excluding carboxylic acids is 2. The molecule has 0 rings (SSSR count). The molecule has 0 bridgehead atoms. The van der Waals surface area contributed by atoms with E-state index in [9.17, 15) is 9.59 Å². The molecule has 0 saturated carbocycles. The van der Waals surface area contributed by atoms with Gasteiger partial charge in [-0.2, -0.15) is 0 Å². The van der Waals surface area contributed by atoms with Crippen LogP contribution in [0.1, 0.15) is 13.3 Å². The lowest BCUT2D eigenvalue weighted by Gasteiger charge is -1.99. The summed E-state index contributed by atoms with van der Waals surface area (Å²) in [6.45, 7) is 2.59. The Labute approximate surface area is 83.3 Å². The Balaban J connectivity index is 3.44. The Hall–Kier alpha value is -1.36. The number of amides is 1. The topological polar surface area (TPSA) is 81.4 Å². The van der Waals surface area contributed by atoms with Crippen LogP contribution < -0.4 is 11.1 Å². The van der Waals surface area contributed by atoms with Crippen LogP contribution in [-0.4, -0.2) is 31.6 Å². The SMILES string of the molecule is CCNC(=O)/C=C/CCOC(=O)CN. The van der Waals surface area contributed by atoms with Crippen LogP contribution in [0.25, 0.3) is 0 Å². The van der Waals surface area contributed by atoms with Crippen molar-refractivity contribution in [2.45, 2.75) is 13.3 Å². The molecule has 0 radical (unpaired) electrons. The molecule has 0 aromatic carbocycles. The number of nitrogens with one attached hydrogen (secondary N) is 1. The lowest BCUT2D eigenvalue weighted by molar-refractivity contribution is -0.141. The summed E-state index contributed by atoms with van der Waals surface area (Å²) in [5.41, 5.74) is 5.02. The van der Waals surface area contributed by atoms with Crippen LogP contribution >= 0.6 is 0 Å². The lowest BCUT2D eigenvalue weighted by Crippen LogP contribution is -2.20. The molecule has 3 N–H and O–H groups in total. The third-order valence-corrected chi connectivity index (χ3v) is 1.33. The zero-order valence-corrected chi connectivity index (χ0v) is 8.29. The monoisotopic (exact) mass is 200 g/mol. The quantitative estimate of drug-likeness (QED) is 0.346. The average molecular weight is 200 g/mol. The second kappa shape index (κ2) is 8.25. The number of hydrogen-bond donors (Lipinski definition) is 2. The summed E-state index contributed by atoms with van der Waals surface area (Å²) in [5, 5.41) is 2.60. The van der Waals surface area contributed by atoms with Gasteiger partial charge in [0.2, 0.25) is 5.91 Å². The maximum absolute atomic E-state index is 10.9. The van der Waals surface area contributed by atoms with Crippen LogP contribution in [0.4, 0.5) is 0 Å². The minimum absolute atomic E-state index is 0.111. The molecule has 0 aliphatic carbocycles. The van der Waals surface area contributed by atoms with E-state index in [2.05, 4.69) is 10.1 Å². The number of nitrogens with two attached hydrogens (primary N) is 1. The fourth-order valence-electron chi connectivity index (χ4n) is 0.723. The molecular formula is C9H16N2O3. The van der Waals surface area contributed by atoms with Crippen molar-refractivity contribution in [2.24, 2.45) is 5.73 Å². The van der Waals surface area contributed by atoms with E-state index >= 15 is 0 Å². The van der Waals surface area contributed by atoms with Crippen molar-refractivity contribution in [3.63, 3.8) is 0 Å². The van der Waals surface area contributed by atoms with Gasteiger partial charge in [0.25, 0.3) is 0 Å². The van der Waals surface area contributed by atoms with Gasteiger partial charge in [-0.25, -0.2) is 0 Å². The van der Waals surface area contributed by atoms with Crippen molar-refractivity contribution >= 4 is 11.9 Å². The summed E-state index contributed by atoms with van der Waals surface area (Å²) in [6.07, 6.45) is 3.58. The Morgan fingerprint density at radius 3 is 2.79 bits per heavy atom. The van der Waals surface area contributed by atoms with Gasteiger partial charge >= 0.3 is 5.97 Å². The van der Waals surface area contributed by atoms with Crippen molar-refractivity contribution < 1.29 is 14.3 Å². The fraction of sp³-hybridized carbons (Fsp3) is 0.556. The van der Waals surface area contributed by atoms with Crippen molar-refractivity contribution in [3.8, 4) is 0 Å². The van der Waals surface area contributed by atoms with Gasteiger partial charge in [0.1, 0.15) is 0 Å². The number of ether oxygens (including phenoxy) is 1. The van der Waals surface area contributed by atoms with E-state index < -0.39 is 5.97 Å². The van der Waals surface area contributed by atoms with Crippen molar-refractivity contribution in [3.05, 3.63) is 12.2 Å². The predicted molar refractivity (Wildman–Crippen MR) is 52.5 cm³/mol. The van der Waals surface area contributed by atoms with E-state index in [1.165, 1.54) is 6.08 Å². The first-order chi connectivity index (χ1) is 6.70. The Morgan fingerprint density at radius 1 is 1.50 bits per heavy atom. The van der Waals surface area contributed by atoms with Gasteiger partial charge in [-0.1, -0.05) is 6.08 Å². The summed E-state index contributed by atoms with van der Waals surface area (Å²) in [5.74, 6) is -0.575. The highest BCUT2D eigenvalue weighted by Gasteiger charge is 1.95. The number of carbonyl (C=O) groups is 2. The molecule has 0 saturated heterocycles. The third-order valence-electron chi connectivity index (χ3n) is 1.33. The molecule has 14 heavy (non-hydrogen) atoms. The van der Waals surface area contributed by atoms with E-state index in [0.29, 0.717) is 13.0 Å². The van der Waals surface area contributed by atoms with Gasteiger partial charge in [0.15, 0.2) is 0 Å².